The van der Waals surface area contributed by atoms with Crippen LogP contribution in [0.5, 0.6) is 0 Å². The van der Waals surface area contributed by atoms with E-state index in [0.717, 1.165) is 38.8 Å². The Balaban J connectivity index is 0.00000242. The average Bonchev–Trinajstić information content (AvgIpc) is 2.48. The molecule has 22 heavy (non-hydrogen) atoms. The first-order valence-corrected chi connectivity index (χ1v) is 9.66. The zero-order chi connectivity index (χ0) is 15.3. The number of sulfonamides is 1. The standard InChI is InChI=1S/C14H27N3O3S.ClH/c1-2-11-21(19,20)17-10-4-3-5-13(17)14(18)16-12-6-8-15-9-7-12;/h12-13,15H,2-11H2,1H3,(H,16,18);1H. The number of hydrogen-bond donors (Lipinski definition) is 2. The van der Waals surface area contributed by atoms with Crippen molar-refractivity contribution in [3.63, 3.8) is 0 Å². The Bertz CT molecular complexity index is 452. The van der Waals surface area contributed by atoms with Gasteiger partial charge in [0.1, 0.15) is 6.04 Å². The first kappa shape index (κ1) is 19.7. The highest BCUT2D eigenvalue weighted by molar-refractivity contribution is 7.89. The molecule has 1 unspecified atom stereocenters. The van der Waals surface area contributed by atoms with Gasteiger partial charge in [-0.3, -0.25) is 4.79 Å². The maximum Gasteiger partial charge on any atom is 0.238 e. The summed E-state index contributed by atoms with van der Waals surface area (Å²) in [5.41, 5.74) is 0. The molecule has 2 aliphatic rings. The molecule has 0 aromatic heterocycles. The van der Waals surface area contributed by atoms with Gasteiger partial charge in [-0.1, -0.05) is 13.3 Å². The van der Waals surface area contributed by atoms with E-state index in [1.807, 2.05) is 6.92 Å². The molecule has 2 saturated heterocycles. The highest BCUT2D eigenvalue weighted by Gasteiger charge is 2.36. The third-order valence-electron chi connectivity index (χ3n) is 4.26. The largest absolute Gasteiger partial charge is 0.352 e. The molecular weight excluding hydrogens is 326 g/mol. The van der Waals surface area contributed by atoms with Crippen molar-refractivity contribution in [2.24, 2.45) is 0 Å². The molecule has 2 rings (SSSR count). The smallest absolute Gasteiger partial charge is 0.238 e. The fraction of sp³-hybridized carbons (Fsp3) is 0.929. The predicted octanol–water partition coefficient (Wildman–Crippen LogP) is 0.871. The Morgan fingerprint density at radius 3 is 2.55 bits per heavy atom. The lowest BCUT2D eigenvalue weighted by atomic mass is 10.0. The zero-order valence-corrected chi connectivity index (χ0v) is 14.8. The molecule has 0 aromatic carbocycles. The summed E-state index contributed by atoms with van der Waals surface area (Å²) in [7, 11) is -3.31. The summed E-state index contributed by atoms with van der Waals surface area (Å²) in [6.07, 6.45) is 4.82. The molecule has 2 heterocycles. The van der Waals surface area contributed by atoms with Gasteiger partial charge in [-0.05, 0) is 45.2 Å². The lowest BCUT2D eigenvalue weighted by Crippen LogP contribution is -2.55. The SMILES string of the molecule is CCCS(=O)(=O)N1CCCCC1C(=O)NC1CCNCC1.Cl. The van der Waals surface area contributed by atoms with E-state index in [0.29, 0.717) is 19.4 Å². The fourth-order valence-corrected chi connectivity index (χ4v) is 4.89. The van der Waals surface area contributed by atoms with E-state index in [-0.39, 0.29) is 30.1 Å². The second-order valence-corrected chi connectivity index (χ2v) is 8.01. The zero-order valence-electron chi connectivity index (χ0n) is 13.2. The van der Waals surface area contributed by atoms with Gasteiger partial charge in [-0.15, -0.1) is 12.4 Å². The number of halogens is 1. The van der Waals surface area contributed by atoms with Gasteiger partial charge in [0.05, 0.1) is 5.75 Å². The van der Waals surface area contributed by atoms with Gasteiger partial charge in [0.2, 0.25) is 15.9 Å². The molecule has 1 amide bonds. The molecule has 2 aliphatic heterocycles. The summed E-state index contributed by atoms with van der Waals surface area (Å²) >= 11 is 0. The van der Waals surface area contributed by atoms with Crippen LogP contribution >= 0.6 is 12.4 Å². The highest BCUT2D eigenvalue weighted by Crippen LogP contribution is 2.22. The van der Waals surface area contributed by atoms with Crippen LogP contribution in [0.25, 0.3) is 0 Å². The van der Waals surface area contributed by atoms with Crippen molar-refractivity contribution in [2.45, 2.75) is 57.5 Å². The van der Waals surface area contributed by atoms with Gasteiger partial charge in [0, 0.05) is 12.6 Å². The molecule has 0 bridgehead atoms. The van der Waals surface area contributed by atoms with Gasteiger partial charge in [0.15, 0.2) is 0 Å². The monoisotopic (exact) mass is 353 g/mol. The van der Waals surface area contributed by atoms with Crippen LogP contribution in [0.15, 0.2) is 0 Å². The minimum Gasteiger partial charge on any atom is -0.352 e. The Morgan fingerprint density at radius 2 is 1.91 bits per heavy atom. The topological polar surface area (TPSA) is 78.5 Å². The molecule has 2 fully saturated rings. The van der Waals surface area contributed by atoms with Crippen molar-refractivity contribution in [2.75, 3.05) is 25.4 Å². The van der Waals surface area contributed by atoms with Crippen molar-refractivity contribution in [3.8, 4) is 0 Å². The van der Waals surface area contributed by atoms with Crippen molar-refractivity contribution in [3.05, 3.63) is 0 Å². The average molecular weight is 354 g/mol. The highest BCUT2D eigenvalue weighted by atomic mass is 35.5. The Morgan fingerprint density at radius 1 is 1.23 bits per heavy atom. The van der Waals surface area contributed by atoms with E-state index in [9.17, 15) is 13.2 Å². The van der Waals surface area contributed by atoms with E-state index < -0.39 is 16.1 Å². The molecule has 0 spiro atoms. The normalized spacial score (nSPS) is 24.5. The number of amides is 1. The summed E-state index contributed by atoms with van der Waals surface area (Å²) in [4.78, 5) is 12.5. The van der Waals surface area contributed by atoms with Gasteiger partial charge in [-0.25, -0.2) is 8.42 Å². The number of hydrogen-bond acceptors (Lipinski definition) is 4. The lowest BCUT2D eigenvalue weighted by Gasteiger charge is -2.35. The second kappa shape index (κ2) is 9.05. The van der Waals surface area contributed by atoms with Crippen LogP contribution in [0.1, 0.15) is 45.4 Å². The molecule has 2 N–H and O–H groups in total. The fourth-order valence-electron chi connectivity index (χ4n) is 3.14. The quantitative estimate of drug-likeness (QED) is 0.768. The first-order valence-electron chi connectivity index (χ1n) is 8.05. The molecule has 0 aliphatic carbocycles. The van der Waals surface area contributed by atoms with E-state index >= 15 is 0 Å². The van der Waals surface area contributed by atoms with Crippen LogP contribution in [0.3, 0.4) is 0 Å². The molecule has 0 radical (unpaired) electrons. The van der Waals surface area contributed by atoms with Gasteiger partial charge < -0.3 is 10.6 Å². The number of carbonyl (C=O) groups is 1. The van der Waals surface area contributed by atoms with Gasteiger partial charge in [0.25, 0.3) is 0 Å². The van der Waals surface area contributed by atoms with E-state index in [1.54, 1.807) is 0 Å². The van der Waals surface area contributed by atoms with Crippen molar-refractivity contribution in [1.82, 2.24) is 14.9 Å². The Labute approximate surface area is 139 Å². The first-order chi connectivity index (χ1) is 10.0. The summed E-state index contributed by atoms with van der Waals surface area (Å²) < 4.78 is 26.1. The predicted molar refractivity (Wildman–Crippen MR) is 89.7 cm³/mol. The van der Waals surface area contributed by atoms with Crippen LogP contribution in [-0.4, -0.2) is 56.1 Å². The molecule has 6 nitrogen and oxygen atoms in total. The van der Waals surface area contributed by atoms with Crippen LogP contribution < -0.4 is 10.6 Å². The number of nitrogens with zero attached hydrogens (tertiary/aromatic N) is 1. The van der Waals surface area contributed by atoms with Crippen molar-refractivity contribution in [1.29, 1.82) is 0 Å². The van der Waals surface area contributed by atoms with Crippen LogP contribution in [0.4, 0.5) is 0 Å². The molecular formula is C14H28ClN3O3S. The van der Waals surface area contributed by atoms with Crippen LogP contribution in [0.2, 0.25) is 0 Å². The third-order valence-corrected chi connectivity index (χ3v) is 6.34. The Hall–Kier alpha value is -0.370. The number of piperidine rings is 2. The van der Waals surface area contributed by atoms with E-state index in [1.165, 1.54) is 4.31 Å². The summed E-state index contributed by atoms with van der Waals surface area (Å²) in [6, 6.07) is -0.332. The minimum absolute atomic E-state index is 0. The number of rotatable bonds is 5. The third kappa shape index (κ3) is 5.08. The molecule has 0 saturated carbocycles. The summed E-state index contributed by atoms with van der Waals surface area (Å²) in [5, 5.41) is 6.31. The molecule has 130 valence electrons. The lowest BCUT2D eigenvalue weighted by molar-refractivity contribution is -0.126. The van der Waals surface area contributed by atoms with Crippen molar-refractivity contribution < 1.29 is 13.2 Å². The Kier molecular flexibility index (Phi) is 8.10. The molecule has 0 aromatic rings. The van der Waals surface area contributed by atoms with Crippen molar-refractivity contribution >= 4 is 28.3 Å². The van der Waals surface area contributed by atoms with Crippen LogP contribution in [0, 0.1) is 0 Å². The van der Waals surface area contributed by atoms with Gasteiger partial charge >= 0.3 is 0 Å². The number of nitrogens with one attached hydrogen (secondary N) is 2. The van der Waals surface area contributed by atoms with Crippen LogP contribution in [-0.2, 0) is 14.8 Å². The number of carbonyl (C=O) groups excluding carboxylic acids is 1. The maximum absolute atomic E-state index is 12.5. The molecule has 1 atom stereocenters. The maximum atomic E-state index is 12.5. The minimum atomic E-state index is -3.31. The van der Waals surface area contributed by atoms with E-state index in [4.69, 9.17) is 0 Å². The second-order valence-electron chi connectivity index (χ2n) is 5.97. The van der Waals surface area contributed by atoms with E-state index in [2.05, 4.69) is 10.6 Å². The van der Waals surface area contributed by atoms with Gasteiger partial charge in [-0.2, -0.15) is 4.31 Å². The summed E-state index contributed by atoms with van der Waals surface area (Å²) in [6.45, 7) is 4.15. The molecule has 8 heteroatoms. The summed E-state index contributed by atoms with van der Waals surface area (Å²) in [5.74, 6) is 0.0192.